The van der Waals surface area contributed by atoms with E-state index < -0.39 is 30.5 Å². The second-order valence-corrected chi connectivity index (χ2v) is 3.03. The summed E-state index contributed by atoms with van der Waals surface area (Å²) in [6, 6.07) is 0. The molecule has 0 saturated carbocycles. The normalized spacial score (nSPS) is 47.7. The van der Waals surface area contributed by atoms with Crippen molar-refractivity contribution >= 4 is 0 Å². The van der Waals surface area contributed by atoms with Crippen LogP contribution < -0.4 is 0 Å². The van der Waals surface area contributed by atoms with E-state index in [2.05, 4.69) is 0 Å². The molecular weight excluding hydrogens is 148 g/mol. The molecule has 0 amide bonds. The van der Waals surface area contributed by atoms with Gasteiger partial charge in [-0.05, 0) is 13.8 Å². The van der Waals surface area contributed by atoms with Crippen LogP contribution in [-0.2, 0) is 4.74 Å². The van der Waals surface area contributed by atoms with Gasteiger partial charge < -0.3 is 20.1 Å². The SMILES string of the molecule is CC(O)[C@H]1O[C@@H](C)[C@@H](O)C1O. The molecule has 5 atom stereocenters. The Morgan fingerprint density at radius 3 is 2.00 bits per heavy atom. The number of rotatable bonds is 1. The van der Waals surface area contributed by atoms with Gasteiger partial charge in [0.15, 0.2) is 0 Å². The second-order valence-electron chi connectivity index (χ2n) is 3.03. The van der Waals surface area contributed by atoms with Crippen LogP contribution in [0.2, 0.25) is 0 Å². The minimum absolute atomic E-state index is 0.399. The first-order valence-corrected chi connectivity index (χ1v) is 3.73. The van der Waals surface area contributed by atoms with E-state index in [1.165, 1.54) is 6.92 Å². The minimum atomic E-state index is -0.968. The Kier molecular flexibility index (Phi) is 2.49. The fourth-order valence-electron chi connectivity index (χ4n) is 1.28. The third-order valence-corrected chi connectivity index (χ3v) is 2.01. The molecule has 0 bridgehead atoms. The predicted octanol–water partition coefficient (Wildman–Crippen LogP) is -1.12. The molecule has 1 aliphatic rings. The highest BCUT2D eigenvalue weighted by atomic mass is 16.6. The number of hydrogen-bond donors (Lipinski definition) is 3. The van der Waals surface area contributed by atoms with Crippen LogP contribution in [0.4, 0.5) is 0 Å². The van der Waals surface area contributed by atoms with Crippen molar-refractivity contribution in [2.75, 3.05) is 0 Å². The van der Waals surface area contributed by atoms with E-state index in [0.717, 1.165) is 0 Å². The summed E-state index contributed by atoms with van der Waals surface area (Å²) in [5, 5.41) is 27.5. The average Bonchev–Trinajstić information content (AvgIpc) is 2.17. The van der Waals surface area contributed by atoms with Gasteiger partial charge in [-0.2, -0.15) is 0 Å². The van der Waals surface area contributed by atoms with Gasteiger partial charge in [0.05, 0.1) is 12.2 Å². The van der Waals surface area contributed by atoms with Crippen molar-refractivity contribution < 1.29 is 20.1 Å². The van der Waals surface area contributed by atoms with Gasteiger partial charge in [0.1, 0.15) is 18.3 Å². The van der Waals surface area contributed by atoms with Gasteiger partial charge in [-0.15, -0.1) is 0 Å². The van der Waals surface area contributed by atoms with Crippen LogP contribution in [0.5, 0.6) is 0 Å². The Labute approximate surface area is 65.4 Å². The summed E-state index contributed by atoms with van der Waals surface area (Å²) in [7, 11) is 0. The Morgan fingerprint density at radius 2 is 1.82 bits per heavy atom. The highest BCUT2D eigenvalue weighted by Gasteiger charge is 2.42. The second kappa shape index (κ2) is 3.06. The van der Waals surface area contributed by atoms with Crippen molar-refractivity contribution in [2.45, 2.75) is 44.4 Å². The lowest BCUT2D eigenvalue weighted by molar-refractivity contribution is -0.0546. The highest BCUT2D eigenvalue weighted by Crippen LogP contribution is 2.22. The van der Waals surface area contributed by atoms with Crippen molar-refractivity contribution in [1.82, 2.24) is 0 Å². The molecule has 66 valence electrons. The van der Waals surface area contributed by atoms with Crippen LogP contribution in [0, 0.1) is 0 Å². The first-order valence-electron chi connectivity index (χ1n) is 3.73. The molecule has 2 unspecified atom stereocenters. The van der Waals surface area contributed by atoms with Gasteiger partial charge in [-0.1, -0.05) is 0 Å². The molecule has 1 saturated heterocycles. The van der Waals surface area contributed by atoms with E-state index in [4.69, 9.17) is 9.84 Å². The number of aliphatic hydroxyl groups excluding tert-OH is 3. The quantitative estimate of drug-likeness (QED) is 0.456. The van der Waals surface area contributed by atoms with Crippen molar-refractivity contribution in [3.05, 3.63) is 0 Å². The first kappa shape index (κ1) is 8.93. The number of hydrogen-bond acceptors (Lipinski definition) is 4. The van der Waals surface area contributed by atoms with Crippen LogP contribution in [0.15, 0.2) is 0 Å². The monoisotopic (exact) mass is 162 g/mol. The van der Waals surface area contributed by atoms with E-state index >= 15 is 0 Å². The summed E-state index contributed by atoms with van der Waals surface area (Å²) < 4.78 is 5.10. The van der Waals surface area contributed by atoms with Crippen LogP contribution in [0.3, 0.4) is 0 Å². The maximum Gasteiger partial charge on any atom is 0.112 e. The fourth-order valence-corrected chi connectivity index (χ4v) is 1.28. The molecule has 1 aliphatic heterocycles. The van der Waals surface area contributed by atoms with Crippen molar-refractivity contribution in [1.29, 1.82) is 0 Å². The van der Waals surface area contributed by atoms with Crippen LogP contribution in [-0.4, -0.2) is 45.8 Å². The van der Waals surface area contributed by atoms with Gasteiger partial charge in [0, 0.05) is 0 Å². The molecule has 4 heteroatoms. The van der Waals surface area contributed by atoms with E-state index in [-0.39, 0.29) is 0 Å². The van der Waals surface area contributed by atoms with Gasteiger partial charge in [-0.25, -0.2) is 0 Å². The van der Waals surface area contributed by atoms with Crippen LogP contribution in [0.25, 0.3) is 0 Å². The Morgan fingerprint density at radius 1 is 1.27 bits per heavy atom. The zero-order valence-electron chi connectivity index (χ0n) is 6.64. The van der Waals surface area contributed by atoms with Gasteiger partial charge in [0.2, 0.25) is 0 Å². The minimum Gasteiger partial charge on any atom is -0.391 e. The van der Waals surface area contributed by atoms with E-state index in [1.54, 1.807) is 6.92 Å². The summed E-state index contributed by atoms with van der Waals surface area (Å²) >= 11 is 0. The van der Waals surface area contributed by atoms with Crippen LogP contribution >= 0.6 is 0 Å². The summed E-state index contributed by atoms with van der Waals surface area (Å²) in [4.78, 5) is 0. The molecule has 11 heavy (non-hydrogen) atoms. The third-order valence-electron chi connectivity index (χ3n) is 2.01. The number of ether oxygens (including phenoxy) is 1. The molecule has 0 radical (unpaired) electrons. The largest absolute Gasteiger partial charge is 0.391 e. The molecule has 0 aromatic rings. The molecule has 3 N–H and O–H groups in total. The molecule has 0 aromatic carbocycles. The van der Waals surface area contributed by atoms with Crippen molar-refractivity contribution in [2.24, 2.45) is 0 Å². The highest BCUT2D eigenvalue weighted by molar-refractivity contribution is 4.90. The summed E-state index contributed by atoms with van der Waals surface area (Å²) in [6.07, 6.45) is -3.64. The molecule has 1 rings (SSSR count). The molecular formula is C7H14O4. The molecule has 0 spiro atoms. The smallest absolute Gasteiger partial charge is 0.112 e. The molecule has 0 aliphatic carbocycles. The maximum absolute atomic E-state index is 9.26. The summed E-state index contributed by atoms with van der Waals surface area (Å²) in [5.41, 5.74) is 0. The van der Waals surface area contributed by atoms with Crippen molar-refractivity contribution in [3.8, 4) is 0 Å². The average molecular weight is 162 g/mol. The van der Waals surface area contributed by atoms with Crippen LogP contribution in [0.1, 0.15) is 13.8 Å². The molecule has 0 aromatic heterocycles. The predicted molar refractivity (Wildman–Crippen MR) is 38.0 cm³/mol. The fraction of sp³-hybridized carbons (Fsp3) is 1.00. The van der Waals surface area contributed by atoms with E-state index in [0.29, 0.717) is 0 Å². The molecule has 4 nitrogen and oxygen atoms in total. The lowest BCUT2D eigenvalue weighted by Crippen LogP contribution is -2.37. The van der Waals surface area contributed by atoms with Gasteiger partial charge in [0.25, 0.3) is 0 Å². The van der Waals surface area contributed by atoms with Crippen molar-refractivity contribution in [3.63, 3.8) is 0 Å². The summed E-state index contributed by atoms with van der Waals surface area (Å²) in [5.74, 6) is 0. The lowest BCUT2D eigenvalue weighted by Gasteiger charge is -2.16. The Balaban J connectivity index is 2.59. The molecule has 1 fully saturated rings. The third kappa shape index (κ3) is 1.54. The number of aliphatic hydroxyl groups is 3. The topological polar surface area (TPSA) is 69.9 Å². The van der Waals surface area contributed by atoms with E-state index in [9.17, 15) is 10.2 Å². The Bertz CT molecular complexity index is 136. The lowest BCUT2D eigenvalue weighted by atomic mass is 10.1. The zero-order valence-corrected chi connectivity index (χ0v) is 6.64. The Hall–Kier alpha value is -0.160. The standard InChI is InChI=1S/C7H14O4/c1-3(8)7-6(10)5(9)4(2)11-7/h3-10H,1-2H3/t3?,4-,5+,6?,7+/m0/s1. The van der Waals surface area contributed by atoms with Gasteiger partial charge in [-0.3, -0.25) is 0 Å². The van der Waals surface area contributed by atoms with Gasteiger partial charge >= 0.3 is 0 Å². The zero-order chi connectivity index (χ0) is 8.59. The van der Waals surface area contributed by atoms with E-state index in [1.807, 2.05) is 0 Å². The maximum atomic E-state index is 9.26. The summed E-state index contributed by atoms with van der Waals surface area (Å²) in [6.45, 7) is 3.19. The molecule has 1 heterocycles. The first-order chi connectivity index (χ1) is 5.04.